The minimum atomic E-state index is -3.60. The average molecular weight is 382 g/mol. The molecule has 0 saturated carbocycles. The molecule has 0 saturated heterocycles. The molecule has 0 amide bonds. The summed E-state index contributed by atoms with van der Waals surface area (Å²) in [5.41, 5.74) is 1.32. The lowest BCUT2D eigenvalue weighted by molar-refractivity contribution is 0.540. The molecule has 0 radical (unpaired) electrons. The van der Waals surface area contributed by atoms with Gasteiger partial charge < -0.3 is 4.42 Å². The summed E-state index contributed by atoms with van der Waals surface area (Å²) in [7, 11) is -3.60. The first kappa shape index (κ1) is 15.6. The van der Waals surface area contributed by atoms with Crippen molar-refractivity contribution in [3.8, 4) is 10.8 Å². The van der Waals surface area contributed by atoms with E-state index in [1.807, 2.05) is 48.7 Å². The van der Waals surface area contributed by atoms with Gasteiger partial charge in [0.2, 0.25) is 5.89 Å². The average Bonchev–Trinajstić information content (AvgIpc) is 3.32. The van der Waals surface area contributed by atoms with E-state index in [4.69, 9.17) is 4.42 Å². The summed E-state index contributed by atoms with van der Waals surface area (Å²) in [6, 6.07) is 14.9. The molecule has 2 aromatic carbocycles. The topological polar surface area (TPSA) is 63.4 Å². The zero-order chi connectivity index (χ0) is 17.9. The largest absolute Gasteiger partial charge is 0.440 e. The Labute approximate surface area is 154 Å². The summed E-state index contributed by atoms with van der Waals surface area (Å²) in [6.07, 6.45) is 0. The maximum atomic E-state index is 13.1. The summed E-state index contributed by atoms with van der Waals surface area (Å²) in [5, 5.41) is 3.65. The van der Waals surface area contributed by atoms with Crippen LogP contribution in [0.25, 0.3) is 21.5 Å². The number of benzene rings is 2. The standard InChI is InChI=1S/C19H14N2O3S2/c1-12-14(20-19(24-12)16-8-4-10-25-16)11-21-15-7-2-5-13-6-3-9-17(18(13)15)26(21,22)23/h2-10H,11H2,1H3. The first-order valence-corrected chi connectivity index (χ1v) is 10.4. The smallest absolute Gasteiger partial charge is 0.265 e. The quantitative estimate of drug-likeness (QED) is 0.520. The van der Waals surface area contributed by atoms with E-state index in [-0.39, 0.29) is 6.54 Å². The van der Waals surface area contributed by atoms with Crippen LogP contribution in [0.3, 0.4) is 0 Å². The SMILES string of the molecule is Cc1oc(-c2cccs2)nc1CN1c2cccc3cccc(c23)S1(=O)=O. The van der Waals surface area contributed by atoms with Gasteiger partial charge in [-0.3, -0.25) is 4.31 Å². The number of rotatable bonds is 3. The molecule has 0 N–H and O–H groups in total. The normalized spacial score (nSPS) is 15.0. The zero-order valence-corrected chi connectivity index (χ0v) is 15.5. The number of hydrogen-bond acceptors (Lipinski definition) is 5. The first-order valence-electron chi connectivity index (χ1n) is 8.10. The van der Waals surface area contributed by atoms with Crippen LogP contribution < -0.4 is 4.31 Å². The fraction of sp³-hybridized carbons (Fsp3) is 0.105. The van der Waals surface area contributed by atoms with E-state index in [1.54, 1.807) is 12.1 Å². The molecule has 1 aliphatic rings. The Morgan fingerprint density at radius 2 is 1.92 bits per heavy atom. The van der Waals surface area contributed by atoms with Crippen LogP contribution in [0.15, 0.2) is 63.2 Å². The van der Waals surface area contributed by atoms with Gasteiger partial charge in [-0.2, -0.15) is 0 Å². The molecule has 130 valence electrons. The molecule has 0 spiro atoms. The van der Waals surface area contributed by atoms with Gasteiger partial charge in [-0.1, -0.05) is 30.3 Å². The Morgan fingerprint density at radius 1 is 1.12 bits per heavy atom. The van der Waals surface area contributed by atoms with E-state index in [0.29, 0.717) is 27.9 Å². The third-order valence-corrected chi connectivity index (χ3v) is 7.26. The highest BCUT2D eigenvalue weighted by molar-refractivity contribution is 7.93. The van der Waals surface area contributed by atoms with Crippen LogP contribution in [0, 0.1) is 6.92 Å². The number of oxazole rings is 1. The Kier molecular flexibility index (Phi) is 3.26. The second-order valence-electron chi connectivity index (χ2n) is 6.14. The predicted molar refractivity (Wildman–Crippen MR) is 102 cm³/mol. The van der Waals surface area contributed by atoms with Crippen molar-refractivity contribution in [1.82, 2.24) is 4.98 Å². The van der Waals surface area contributed by atoms with Gasteiger partial charge in [-0.25, -0.2) is 13.4 Å². The molecule has 4 aromatic rings. The number of hydrogen-bond donors (Lipinski definition) is 0. The lowest BCUT2D eigenvalue weighted by atomic mass is 10.1. The molecule has 2 aromatic heterocycles. The van der Waals surface area contributed by atoms with Gasteiger partial charge in [0.15, 0.2) is 0 Å². The molecule has 1 aliphatic heterocycles. The van der Waals surface area contributed by atoms with Gasteiger partial charge in [0.1, 0.15) is 11.5 Å². The molecule has 3 heterocycles. The van der Waals surface area contributed by atoms with E-state index in [1.165, 1.54) is 15.6 Å². The molecule has 0 bridgehead atoms. The van der Waals surface area contributed by atoms with Crippen LogP contribution in [-0.2, 0) is 16.6 Å². The van der Waals surface area contributed by atoms with Crippen molar-refractivity contribution in [3.63, 3.8) is 0 Å². The zero-order valence-electron chi connectivity index (χ0n) is 13.8. The number of sulfonamides is 1. The number of aromatic nitrogens is 1. The van der Waals surface area contributed by atoms with Crippen LogP contribution in [0.4, 0.5) is 5.69 Å². The van der Waals surface area contributed by atoms with Crippen LogP contribution in [0.2, 0.25) is 0 Å². The van der Waals surface area contributed by atoms with E-state index in [9.17, 15) is 8.42 Å². The number of thiophene rings is 1. The van der Waals surface area contributed by atoms with E-state index < -0.39 is 10.0 Å². The monoisotopic (exact) mass is 382 g/mol. The van der Waals surface area contributed by atoms with Crippen LogP contribution >= 0.6 is 11.3 Å². The summed E-state index contributed by atoms with van der Waals surface area (Å²) in [5.74, 6) is 1.16. The third kappa shape index (κ3) is 2.14. The lowest BCUT2D eigenvalue weighted by Crippen LogP contribution is -2.27. The molecule has 0 unspecified atom stereocenters. The minimum Gasteiger partial charge on any atom is -0.440 e. The number of aryl methyl sites for hydroxylation is 1. The molecule has 26 heavy (non-hydrogen) atoms. The fourth-order valence-electron chi connectivity index (χ4n) is 3.34. The maximum Gasteiger partial charge on any atom is 0.265 e. The summed E-state index contributed by atoms with van der Waals surface area (Å²) < 4.78 is 33.4. The highest BCUT2D eigenvalue weighted by Crippen LogP contribution is 2.43. The van der Waals surface area contributed by atoms with Crippen LogP contribution in [0.5, 0.6) is 0 Å². The van der Waals surface area contributed by atoms with Crippen molar-refractivity contribution >= 4 is 37.8 Å². The van der Waals surface area contributed by atoms with Gasteiger partial charge in [0, 0.05) is 5.39 Å². The highest BCUT2D eigenvalue weighted by atomic mass is 32.2. The molecule has 5 nitrogen and oxygen atoms in total. The predicted octanol–water partition coefficient (Wildman–Crippen LogP) is 4.57. The molecule has 0 aliphatic carbocycles. The van der Waals surface area contributed by atoms with Gasteiger partial charge >= 0.3 is 0 Å². The van der Waals surface area contributed by atoms with Crippen molar-refractivity contribution < 1.29 is 12.8 Å². The number of nitrogens with zero attached hydrogens (tertiary/aromatic N) is 2. The van der Waals surface area contributed by atoms with Crippen LogP contribution in [-0.4, -0.2) is 13.4 Å². The molecule has 7 heteroatoms. The summed E-state index contributed by atoms with van der Waals surface area (Å²) in [6.45, 7) is 1.96. The fourth-order valence-corrected chi connectivity index (χ4v) is 5.67. The summed E-state index contributed by atoms with van der Waals surface area (Å²) in [4.78, 5) is 5.82. The Hall–Kier alpha value is -2.64. The third-order valence-electron chi connectivity index (χ3n) is 4.60. The molecular weight excluding hydrogens is 368 g/mol. The van der Waals surface area contributed by atoms with Gasteiger partial charge in [-0.05, 0) is 35.9 Å². The number of anilines is 1. The van der Waals surface area contributed by atoms with E-state index in [0.717, 1.165) is 15.6 Å². The maximum absolute atomic E-state index is 13.1. The second kappa shape index (κ2) is 5.43. The summed E-state index contributed by atoms with van der Waals surface area (Å²) >= 11 is 1.54. The van der Waals surface area contributed by atoms with Gasteiger partial charge in [0.25, 0.3) is 10.0 Å². The van der Waals surface area contributed by atoms with Gasteiger partial charge in [-0.15, -0.1) is 11.3 Å². The van der Waals surface area contributed by atoms with Crippen LogP contribution in [0.1, 0.15) is 11.5 Å². The molecule has 0 atom stereocenters. The van der Waals surface area contributed by atoms with E-state index >= 15 is 0 Å². The molecule has 5 rings (SSSR count). The first-order chi connectivity index (χ1) is 12.6. The highest BCUT2D eigenvalue weighted by Gasteiger charge is 2.36. The second-order valence-corrected chi connectivity index (χ2v) is 8.92. The Balaban J connectivity index is 1.61. The molecule has 0 fully saturated rings. The molecular formula is C19H14N2O3S2. The Morgan fingerprint density at radius 3 is 2.69 bits per heavy atom. The van der Waals surface area contributed by atoms with E-state index in [2.05, 4.69) is 4.98 Å². The van der Waals surface area contributed by atoms with Crippen molar-refractivity contribution in [2.45, 2.75) is 18.4 Å². The van der Waals surface area contributed by atoms with Crippen molar-refractivity contribution in [1.29, 1.82) is 0 Å². The van der Waals surface area contributed by atoms with Crippen molar-refractivity contribution in [2.75, 3.05) is 4.31 Å². The minimum absolute atomic E-state index is 0.150. The van der Waals surface area contributed by atoms with Gasteiger partial charge in [0.05, 0.1) is 22.0 Å². The van der Waals surface area contributed by atoms with Crippen molar-refractivity contribution in [2.24, 2.45) is 0 Å². The lowest BCUT2D eigenvalue weighted by Gasteiger charge is -2.17. The Bertz CT molecular complexity index is 1240. The van der Waals surface area contributed by atoms with Crippen molar-refractivity contribution in [3.05, 3.63) is 65.4 Å².